The van der Waals surface area contributed by atoms with Gasteiger partial charge in [0.25, 0.3) is 0 Å². The van der Waals surface area contributed by atoms with Crippen molar-refractivity contribution in [3.05, 3.63) is 0 Å². The molecule has 5 aliphatic rings. The van der Waals surface area contributed by atoms with Crippen LogP contribution in [0.3, 0.4) is 0 Å². The summed E-state index contributed by atoms with van der Waals surface area (Å²) in [6, 6.07) is 0. The van der Waals surface area contributed by atoms with Gasteiger partial charge >= 0.3 is 0 Å². The van der Waals surface area contributed by atoms with Gasteiger partial charge in [0, 0.05) is 18.3 Å². The Bertz CT molecular complexity index is 1070. The summed E-state index contributed by atoms with van der Waals surface area (Å²) in [5.74, 6) is 0.00189. The molecule has 0 spiro atoms. The van der Waals surface area contributed by atoms with Gasteiger partial charge in [0.15, 0.2) is 6.29 Å². The molecule has 5 rings (SSSR count). The van der Waals surface area contributed by atoms with Crippen LogP contribution in [0.4, 0.5) is 0 Å². The Balaban J connectivity index is 1.27. The van der Waals surface area contributed by atoms with E-state index in [4.69, 9.17) is 9.47 Å². The minimum absolute atomic E-state index is 0.120. The van der Waals surface area contributed by atoms with Crippen LogP contribution in [0, 0.1) is 52.3 Å². The molecule has 5 fully saturated rings. The van der Waals surface area contributed by atoms with E-state index in [0.29, 0.717) is 31.1 Å². The zero-order valence-electron chi connectivity index (χ0n) is 27.7. The maximum atomic E-state index is 13.5. The second-order valence-electron chi connectivity index (χ2n) is 16.5. The van der Waals surface area contributed by atoms with E-state index in [0.717, 1.165) is 25.7 Å². The van der Waals surface area contributed by atoms with Crippen LogP contribution < -0.4 is 0 Å². The number of aliphatic hydroxyl groups is 8. The number of aliphatic hydroxyl groups excluding tert-OH is 8. The normalized spacial score (nSPS) is 49.8. The second-order valence-corrected chi connectivity index (χ2v) is 16.5. The molecule has 4 aliphatic carbocycles. The standard InChI is InChI=1S/C34H58O11/c1-15(26(39)27(40)16(2)32(3,4)45-31-30(43)29(42)28(41)25(14-35)44-31)18-7-8-19-17-11-22(36)21-12-23(37)24(38)13-34(21,6)20(17)9-10-33(18,19)5/h15-21,23-31,35,37-43H,7-14H2,1-6H3/t15-,16+,17-,18+,19-,20-,21+,23-,24+,25+,26+,27+,28+,29-,30+,31-,33+,34+/m0/s1. The van der Waals surface area contributed by atoms with Crippen molar-refractivity contribution < 1.29 is 55.1 Å². The first-order chi connectivity index (χ1) is 20.9. The molecule has 0 unspecified atom stereocenters. The molecule has 45 heavy (non-hydrogen) atoms. The lowest BCUT2D eigenvalue weighted by molar-refractivity contribution is -0.331. The topological polar surface area (TPSA) is 197 Å². The second kappa shape index (κ2) is 12.6. The van der Waals surface area contributed by atoms with E-state index < -0.39 is 73.2 Å². The average Bonchev–Trinajstić information content (AvgIpc) is 3.34. The van der Waals surface area contributed by atoms with Crippen molar-refractivity contribution in [2.45, 2.75) is 147 Å². The number of ketones is 1. The summed E-state index contributed by atoms with van der Waals surface area (Å²) in [5, 5.41) is 84.4. The van der Waals surface area contributed by atoms with Crippen molar-refractivity contribution >= 4 is 5.78 Å². The number of hydrogen-bond donors (Lipinski definition) is 8. The molecule has 0 radical (unpaired) electrons. The van der Waals surface area contributed by atoms with E-state index in [2.05, 4.69) is 13.8 Å². The highest BCUT2D eigenvalue weighted by Crippen LogP contribution is 2.68. The fraction of sp³-hybridized carbons (Fsp3) is 0.971. The van der Waals surface area contributed by atoms with Gasteiger partial charge in [-0.2, -0.15) is 0 Å². The maximum Gasteiger partial charge on any atom is 0.187 e. The smallest absolute Gasteiger partial charge is 0.187 e. The number of carbonyl (C=O) groups is 1. The zero-order valence-corrected chi connectivity index (χ0v) is 27.7. The highest BCUT2D eigenvalue weighted by atomic mass is 16.7. The van der Waals surface area contributed by atoms with Crippen LogP contribution in [-0.4, -0.2) is 114 Å². The molecule has 11 heteroatoms. The third-order valence-electron chi connectivity index (χ3n) is 13.9. The number of hydrogen-bond acceptors (Lipinski definition) is 11. The summed E-state index contributed by atoms with van der Waals surface area (Å²) in [5.41, 5.74) is -1.59. The fourth-order valence-corrected chi connectivity index (χ4v) is 10.8. The van der Waals surface area contributed by atoms with Crippen molar-refractivity contribution in [2.75, 3.05) is 6.61 Å². The summed E-state index contributed by atoms with van der Waals surface area (Å²) >= 11 is 0. The fourth-order valence-electron chi connectivity index (χ4n) is 10.8. The van der Waals surface area contributed by atoms with Crippen LogP contribution in [-0.2, 0) is 14.3 Å². The highest BCUT2D eigenvalue weighted by molar-refractivity contribution is 5.83. The van der Waals surface area contributed by atoms with E-state index in [1.54, 1.807) is 20.8 Å². The third-order valence-corrected chi connectivity index (χ3v) is 13.9. The Labute approximate surface area is 266 Å². The van der Waals surface area contributed by atoms with Gasteiger partial charge in [0.1, 0.15) is 30.2 Å². The van der Waals surface area contributed by atoms with Gasteiger partial charge in [-0.05, 0) is 92.8 Å². The first-order valence-corrected chi connectivity index (χ1v) is 17.1. The Morgan fingerprint density at radius 1 is 0.911 bits per heavy atom. The number of ether oxygens (including phenoxy) is 2. The summed E-state index contributed by atoms with van der Waals surface area (Å²) in [7, 11) is 0. The SMILES string of the molecule is C[C@H]([C@@H](O)[C@H](O)[C@@H](C)C(C)(C)O[C@@H]1O[C@H](CO)[C@@H](O)[C@H](O)[C@H]1O)[C@H]1CC[C@H]2[C@@H]3CC(=O)[C@H]4C[C@H](O)[C@H](O)C[C@]4(C)[C@H]3CC[C@]12C. The van der Waals surface area contributed by atoms with Crippen molar-refractivity contribution in [1.29, 1.82) is 0 Å². The van der Waals surface area contributed by atoms with Crippen molar-refractivity contribution in [2.24, 2.45) is 52.3 Å². The highest BCUT2D eigenvalue weighted by Gasteiger charge is 2.64. The van der Waals surface area contributed by atoms with Gasteiger partial charge in [-0.15, -0.1) is 0 Å². The van der Waals surface area contributed by atoms with Crippen LogP contribution in [0.2, 0.25) is 0 Å². The quantitative estimate of drug-likeness (QED) is 0.186. The molecule has 0 aromatic heterocycles. The van der Waals surface area contributed by atoms with Crippen molar-refractivity contribution in [3.8, 4) is 0 Å². The molecule has 4 saturated carbocycles. The first-order valence-electron chi connectivity index (χ1n) is 17.1. The van der Waals surface area contributed by atoms with Gasteiger partial charge in [0.05, 0.1) is 36.6 Å². The van der Waals surface area contributed by atoms with Gasteiger partial charge in [-0.1, -0.05) is 27.7 Å². The van der Waals surface area contributed by atoms with Crippen LogP contribution >= 0.6 is 0 Å². The molecule has 0 bridgehead atoms. The molecule has 18 atom stereocenters. The van der Waals surface area contributed by atoms with E-state index in [9.17, 15) is 45.6 Å². The Hall–Kier alpha value is -0.730. The molecule has 260 valence electrons. The van der Waals surface area contributed by atoms with Gasteiger partial charge in [-0.3, -0.25) is 4.79 Å². The van der Waals surface area contributed by atoms with Crippen LogP contribution in [0.15, 0.2) is 0 Å². The predicted molar refractivity (Wildman–Crippen MR) is 162 cm³/mol. The molecule has 0 aromatic carbocycles. The van der Waals surface area contributed by atoms with Gasteiger partial charge in [0.2, 0.25) is 0 Å². The van der Waals surface area contributed by atoms with Crippen LogP contribution in [0.5, 0.6) is 0 Å². The summed E-state index contributed by atoms with van der Waals surface area (Å²) in [6.45, 7) is 11.0. The number of Topliss-reactive ketones (excluding diaryl/α,β-unsaturated/α-hetero) is 1. The molecular formula is C34H58O11. The largest absolute Gasteiger partial charge is 0.394 e. The summed E-state index contributed by atoms with van der Waals surface area (Å²) < 4.78 is 11.6. The minimum Gasteiger partial charge on any atom is -0.394 e. The van der Waals surface area contributed by atoms with E-state index in [1.165, 1.54) is 0 Å². The van der Waals surface area contributed by atoms with E-state index >= 15 is 0 Å². The molecular weight excluding hydrogens is 584 g/mol. The maximum absolute atomic E-state index is 13.5. The summed E-state index contributed by atoms with van der Waals surface area (Å²) in [6.07, 6.45) is -6.13. The minimum atomic E-state index is -1.59. The Morgan fingerprint density at radius 3 is 2.20 bits per heavy atom. The molecule has 1 aliphatic heterocycles. The lowest BCUT2D eigenvalue weighted by Crippen LogP contribution is -2.61. The van der Waals surface area contributed by atoms with E-state index in [-0.39, 0.29) is 40.3 Å². The third kappa shape index (κ3) is 5.85. The molecule has 0 aromatic rings. The van der Waals surface area contributed by atoms with Crippen molar-refractivity contribution in [3.63, 3.8) is 0 Å². The van der Waals surface area contributed by atoms with Crippen LogP contribution in [0.1, 0.15) is 86.5 Å². The number of carbonyl (C=O) groups excluding carboxylic acids is 1. The number of rotatable bonds is 8. The lowest BCUT2D eigenvalue weighted by atomic mass is 9.44. The Kier molecular flexibility index (Phi) is 9.98. The molecule has 0 amide bonds. The van der Waals surface area contributed by atoms with Gasteiger partial charge < -0.3 is 50.3 Å². The Morgan fingerprint density at radius 2 is 1.56 bits per heavy atom. The molecule has 11 nitrogen and oxygen atoms in total. The average molecular weight is 643 g/mol. The van der Waals surface area contributed by atoms with E-state index in [1.807, 2.05) is 6.92 Å². The lowest BCUT2D eigenvalue weighted by Gasteiger charge is -2.61. The molecule has 8 N–H and O–H groups in total. The predicted octanol–water partition coefficient (Wildman–Crippen LogP) is 0.745. The van der Waals surface area contributed by atoms with Gasteiger partial charge in [-0.25, -0.2) is 0 Å². The first kappa shape index (κ1) is 35.6. The zero-order chi connectivity index (χ0) is 33.4. The molecule has 1 heterocycles. The summed E-state index contributed by atoms with van der Waals surface area (Å²) in [4.78, 5) is 13.5. The van der Waals surface area contributed by atoms with Crippen LogP contribution in [0.25, 0.3) is 0 Å². The van der Waals surface area contributed by atoms with Crippen molar-refractivity contribution in [1.82, 2.24) is 0 Å². The molecule has 1 saturated heterocycles. The number of fused-ring (bicyclic) bond motifs is 5. The monoisotopic (exact) mass is 642 g/mol.